The summed E-state index contributed by atoms with van der Waals surface area (Å²) in [5.74, 6) is -1.86. The van der Waals surface area contributed by atoms with E-state index in [2.05, 4.69) is 5.32 Å². The first-order chi connectivity index (χ1) is 19.8. The number of nitrogens with zero attached hydrogens (tertiary/aromatic N) is 4. The lowest BCUT2D eigenvalue weighted by Crippen LogP contribution is -2.57. The molecule has 3 rings (SSSR count). The van der Waals surface area contributed by atoms with Crippen molar-refractivity contribution in [3.8, 4) is 6.07 Å². The van der Waals surface area contributed by atoms with E-state index in [1.54, 1.807) is 7.05 Å². The van der Waals surface area contributed by atoms with Crippen LogP contribution in [-0.4, -0.2) is 60.9 Å². The van der Waals surface area contributed by atoms with Crippen LogP contribution in [0.1, 0.15) is 49.4 Å². The predicted molar refractivity (Wildman–Crippen MR) is 158 cm³/mol. The summed E-state index contributed by atoms with van der Waals surface area (Å²) < 4.78 is 45.7. The summed E-state index contributed by atoms with van der Waals surface area (Å²) in [7, 11) is 2.70. The number of likely N-dealkylation sites (N-methyl/N-ethyl adjacent to an activating group) is 1. The number of carbonyl (C=O) groups excluding carboxylic acids is 3. The molecule has 0 radical (unpaired) electrons. The Morgan fingerprint density at radius 3 is 2.37 bits per heavy atom. The van der Waals surface area contributed by atoms with E-state index in [-0.39, 0.29) is 33.9 Å². The molecule has 1 unspecified atom stereocenters. The van der Waals surface area contributed by atoms with E-state index in [4.69, 9.17) is 10.1 Å². The predicted octanol–water partition coefficient (Wildman–Crippen LogP) is 5.37. The summed E-state index contributed by atoms with van der Waals surface area (Å²) >= 11 is 0. The van der Waals surface area contributed by atoms with Crippen LogP contribution in [0.2, 0.25) is 0 Å². The van der Waals surface area contributed by atoms with Gasteiger partial charge in [-0.1, -0.05) is 31.5 Å². The smallest absolute Gasteiger partial charge is 0.416 e. The molecule has 230 valence electrons. The number of halogens is 4. The molecule has 10 nitrogen and oxygen atoms in total. The van der Waals surface area contributed by atoms with Crippen molar-refractivity contribution in [1.82, 2.24) is 15.1 Å². The molecule has 43 heavy (non-hydrogen) atoms. The standard InChI is InChI=1S/C29H31F3N6O4.BrH/c1-5-6-14-36(3)23(39)17-35-28(41)38-25(20-12-10-19(16-33)11-13-20)24(26(40)42-4)18(2)37(27(38)34)22-9-7-8-21(15-22)29(30,31)32;/h7-13,15,25,34H,5-6,14,17H2,1-4H3,(H,35,41);1H. The number of nitriles is 1. The van der Waals surface area contributed by atoms with Crippen molar-refractivity contribution in [2.75, 3.05) is 32.1 Å². The van der Waals surface area contributed by atoms with E-state index < -0.39 is 48.2 Å². The van der Waals surface area contributed by atoms with Crippen molar-refractivity contribution in [2.24, 2.45) is 0 Å². The molecule has 0 saturated heterocycles. The third-order valence-electron chi connectivity index (χ3n) is 6.77. The van der Waals surface area contributed by atoms with Gasteiger partial charge in [0.25, 0.3) is 0 Å². The summed E-state index contributed by atoms with van der Waals surface area (Å²) in [6, 6.07) is 9.81. The first-order valence-electron chi connectivity index (χ1n) is 13.0. The number of guanidine groups is 1. The second-order valence-electron chi connectivity index (χ2n) is 9.53. The minimum absolute atomic E-state index is 0. The maximum absolute atomic E-state index is 13.7. The van der Waals surface area contributed by atoms with E-state index in [9.17, 15) is 32.8 Å². The van der Waals surface area contributed by atoms with Gasteiger partial charge in [0.2, 0.25) is 11.9 Å². The fraction of sp³-hybridized carbons (Fsp3) is 0.345. The van der Waals surface area contributed by atoms with Crippen molar-refractivity contribution in [2.45, 2.75) is 38.9 Å². The topological polar surface area (TPSA) is 130 Å². The van der Waals surface area contributed by atoms with Crippen LogP contribution in [0.5, 0.6) is 0 Å². The highest BCUT2D eigenvalue weighted by Crippen LogP contribution is 2.41. The zero-order chi connectivity index (χ0) is 31.2. The number of allylic oxidation sites excluding steroid dienone is 1. The average Bonchev–Trinajstić information content (AvgIpc) is 2.97. The van der Waals surface area contributed by atoms with Crippen LogP contribution in [0.3, 0.4) is 0 Å². The Hall–Kier alpha value is -4.38. The number of hydrogen-bond acceptors (Lipinski definition) is 6. The maximum atomic E-state index is 13.7. The molecule has 1 atom stereocenters. The Kier molecular flexibility index (Phi) is 11.9. The van der Waals surface area contributed by atoms with Gasteiger partial charge in [-0.05, 0) is 49.2 Å². The van der Waals surface area contributed by atoms with Crippen molar-refractivity contribution >= 4 is 46.5 Å². The first kappa shape index (κ1) is 34.8. The van der Waals surface area contributed by atoms with Crippen LogP contribution < -0.4 is 10.2 Å². The number of urea groups is 1. The molecular formula is C29H32BrF3N6O4. The van der Waals surface area contributed by atoms with Gasteiger partial charge in [-0.25, -0.2) is 9.59 Å². The molecule has 1 aliphatic rings. The Labute approximate surface area is 258 Å². The molecule has 3 amide bonds. The van der Waals surface area contributed by atoms with Crippen LogP contribution in [0.25, 0.3) is 0 Å². The third-order valence-corrected chi connectivity index (χ3v) is 6.77. The molecule has 0 fully saturated rings. The van der Waals surface area contributed by atoms with Gasteiger partial charge < -0.3 is 15.0 Å². The molecule has 1 heterocycles. The Morgan fingerprint density at radius 1 is 1.16 bits per heavy atom. The number of esters is 1. The van der Waals surface area contributed by atoms with Gasteiger partial charge in [0.15, 0.2) is 0 Å². The number of amides is 3. The number of benzene rings is 2. The molecular weight excluding hydrogens is 633 g/mol. The van der Waals surface area contributed by atoms with Crippen LogP contribution in [-0.2, 0) is 20.5 Å². The Balaban J connectivity index is 0.00000645. The number of carbonyl (C=O) groups is 3. The SMILES string of the molecule is Br.CCCCN(C)C(=O)CNC(=O)N1C(=N)N(c2cccc(C(F)(F)F)c2)C(C)=C(C(=O)OC)C1c1ccc(C#N)cc1. The van der Waals surface area contributed by atoms with E-state index in [0.717, 1.165) is 48.0 Å². The number of unbranched alkanes of at least 4 members (excludes halogenated alkanes) is 1. The highest BCUT2D eigenvalue weighted by atomic mass is 79.9. The van der Waals surface area contributed by atoms with Gasteiger partial charge in [0, 0.05) is 25.0 Å². The van der Waals surface area contributed by atoms with Crippen molar-refractivity contribution in [1.29, 1.82) is 10.7 Å². The third kappa shape index (κ3) is 7.72. The van der Waals surface area contributed by atoms with Gasteiger partial charge in [0.05, 0.1) is 36.4 Å². The van der Waals surface area contributed by atoms with Gasteiger partial charge in [-0.3, -0.25) is 20.0 Å². The normalized spacial score (nSPS) is 14.9. The highest BCUT2D eigenvalue weighted by molar-refractivity contribution is 8.93. The van der Waals surface area contributed by atoms with E-state index in [1.165, 1.54) is 42.2 Å². The second-order valence-corrected chi connectivity index (χ2v) is 9.53. The minimum atomic E-state index is -4.69. The van der Waals surface area contributed by atoms with Crippen LogP contribution in [0.15, 0.2) is 59.8 Å². The van der Waals surface area contributed by atoms with Gasteiger partial charge >= 0.3 is 18.2 Å². The second kappa shape index (κ2) is 14.7. The number of rotatable bonds is 8. The molecule has 2 aromatic rings. The van der Waals surface area contributed by atoms with Gasteiger partial charge in [0.1, 0.15) is 6.04 Å². The number of ether oxygens (including phenoxy) is 1. The lowest BCUT2D eigenvalue weighted by molar-refractivity contribution is -0.138. The van der Waals surface area contributed by atoms with Crippen LogP contribution in [0, 0.1) is 16.7 Å². The summed E-state index contributed by atoms with van der Waals surface area (Å²) in [5, 5.41) is 20.7. The van der Waals surface area contributed by atoms with E-state index in [0.29, 0.717) is 17.7 Å². The zero-order valence-corrected chi connectivity index (χ0v) is 25.7. The van der Waals surface area contributed by atoms with Gasteiger partial charge in [-0.2, -0.15) is 18.4 Å². The van der Waals surface area contributed by atoms with Crippen LogP contribution >= 0.6 is 17.0 Å². The zero-order valence-electron chi connectivity index (χ0n) is 24.0. The van der Waals surface area contributed by atoms with Crippen LogP contribution in [0.4, 0.5) is 23.7 Å². The first-order valence-corrected chi connectivity index (χ1v) is 13.0. The lowest BCUT2D eigenvalue weighted by atomic mass is 9.92. The molecule has 2 aromatic carbocycles. The fourth-order valence-corrected chi connectivity index (χ4v) is 4.50. The highest BCUT2D eigenvalue weighted by Gasteiger charge is 2.44. The van der Waals surface area contributed by atoms with Gasteiger partial charge in [-0.15, -0.1) is 17.0 Å². The Morgan fingerprint density at radius 2 is 1.81 bits per heavy atom. The number of anilines is 1. The molecule has 2 N–H and O–H groups in total. The number of nitrogens with one attached hydrogen (secondary N) is 2. The largest absolute Gasteiger partial charge is 0.466 e. The van der Waals surface area contributed by atoms with Crippen molar-refractivity contribution < 1.29 is 32.3 Å². The van der Waals surface area contributed by atoms with E-state index >= 15 is 0 Å². The summed E-state index contributed by atoms with van der Waals surface area (Å²) in [6.07, 6.45) is -3.08. The number of methoxy groups -OCH3 is 1. The average molecular weight is 666 g/mol. The number of alkyl halides is 3. The summed E-state index contributed by atoms with van der Waals surface area (Å²) in [4.78, 5) is 42.9. The summed E-state index contributed by atoms with van der Waals surface area (Å²) in [5.41, 5.74) is -0.570. The van der Waals surface area contributed by atoms with Crippen molar-refractivity contribution in [3.05, 3.63) is 76.5 Å². The molecule has 14 heteroatoms. The molecule has 0 saturated carbocycles. The molecule has 1 aliphatic heterocycles. The molecule has 0 aromatic heterocycles. The van der Waals surface area contributed by atoms with Crippen molar-refractivity contribution in [3.63, 3.8) is 0 Å². The lowest BCUT2D eigenvalue weighted by Gasteiger charge is -2.43. The Bertz CT molecular complexity index is 1440. The summed E-state index contributed by atoms with van der Waals surface area (Å²) in [6.45, 7) is 3.44. The minimum Gasteiger partial charge on any atom is -0.466 e. The number of hydrogen-bond donors (Lipinski definition) is 2. The monoisotopic (exact) mass is 664 g/mol. The molecule has 0 spiro atoms. The quantitative estimate of drug-likeness (QED) is 0.365. The fourth-order valence-electron chi connectivity index (χ4n) is 4.50. The maximum Gasteiger partial charge on any atom is 0.416 e. The van der Waals surface area contributed by atoms with E-state index in [1.807, 2.05) is 13.0 Å². The molecule has 0 bridgehead atoms. The molecule has 0 aliphatic carbocycles.